The Labute approximate surface area is 129 Å². The highest BCUT2D eigenvalue weighted by Crippen LogP contribution is 2.27. The number of carbonyl (C=O) groups is 1. The normalized spacial score (nSPS) is 10.5. The van der Waals surface area contributed by atoms with Crippen LogP contribution in [0.1, 0.15) is 15.4 Å². The van der Waals surface area contributed by atoms with Crippen molar-refractivity contribution in [1.29, 1.82) is 0 Å². The molecule has 0 radical (unpaired) electrons. The number of halogens is 1. The van der Waals surface area contributed by atoms with Crippen LogP contribution in [0.5, 0.6) is 5.75 Å². The van der Waals surface area contributed by atoms with Gasteiger partial charge in [0.2, 0.25) is 0 Å². The third-order valence-corrected chi connectivity index (χ3v) is 4.87. The largest absolute Gasteiger partial charge is 0.493 e. The van der Waals surface area contributed by atoms with E-state index in [0.717, 1.165) is 10.1 Å². The van der Waals surface area contributed by atoms with Gasteiger partial charge in [-0.3, -0.25) is 0 Å². The smallest absolute Gasteiger partial charge is 0.347 e. The van der Waals surface area contributed by atoms with Crippen molar-refractivity contribution < 1.29 is 14.6 Å². The first-order valence-corrected chi connectivity index (χ1v) is 7.96. The van der Waals surface area contributed by atoms with Gasteiger partial charge in [0.05, 0.1) is 12.3 Å². The Morgan fingerprint density at radius 1 is 1.45 bits per heavy atom. The maximum Gasteiger partial charge on any atom is 0.347 e. The molecule has 7 heteroatoms. The lowest BCUT2D eigenvalue weighted by atomic mass is 10.3. The lowest BCUT2D eigenvalue weighted by Gasteiger charge is -2.04. The number of ether oxygens (including phenoxy) is 1. The second kappa shape index (κ2) is 6.97. The van der Waals surface area contributed by atoms with E-state index in [2.05, 4.69) is 4.98 Å². The highest BCUT2D eigenvalue weighted by molar-refractivity contribution is 8.01. The maximum absolute atomic E-state index is 10.9. The summed E-state index contributed by atoms with van der Waals surface area (Å²) >= 11 is 8.46. The van der Waals surface area contributed by atoms with Gasteiger partial charge < -0.3 is 9.84 Å². The summed E-state index contributed by atoms with van der Waals surface area (Å²) in [5, 5.41) is 9.62. The van der Waals surface area contributed by atoms with E-state index < -0.39 is 5.97 Å². The van der Waals surface area contributed by atoms with E-state index in [1.165, 1.54) is 23.1 Å². The fraction of sp³-hybridized carbons (Fsp3) is 0.231. The van der Waals surface area contributed by atoms with Gasteiger partial charge >= 0.3 is 5.97 Å². The van der Waals surface area contributed by atoms with Gasteiger partial charge in [0.25, 0.3) is 0 Å². The van der Waals surface area contributed by atoms with Crippen LogP contribution >= 0.6 is 34.7 Å². The van der Waals surface area contributed by atoms with E-state index in [4.69, 9.17) is 21.4 Å². The van der Waals surface area contributed by atoms with Crippen molar-refractivity contribution >= 4 is 40.7 Å². The maximum atomic E-state index is 10.9. The Kier molecular flexibility index (Phi) is 5.28. The van der Waals surface area contributed by atoms with E-state index >= 15 is 0 Å². The van der Waals surface area contributed by atoms with Crippen molar-refractivity contribution in [3.8, 4) is 5.75 Å². The molecule has 2 rings (SSSR count). The lowest BCUT2D eigenvalue weighted by Crippen LogP contribution is -1.99. The third kappa shape index (κ3) is 4.13. The summed E-state index contributed by atoms with van der Waals surface area (Å²) in [5.74, 6) is 0.537. The second-order valence-corrected chi connectivity index (χ2v) is 6.63. The minimum atomic E-state index is -0.927. The van der Waals surface area contributed by atoms with Gasteiger partial charge in [-0.2, -0.15) is 0 Å². The monoisotopic (exact) mass is 329 g/mol. The quantitative estimate of drug-likeness (QED) is 0.641. The first kappa shape index (κ1) is 15.2. The van der Waals surface area contributed by atoms with Crippen molar-refractivity contribution in [1.82, 2.24) is 4.98 Å². The van der Waals surface area contributed by atoms with Gasteiger partial charge in [0.1, 0.15) is 10.6 Å². The van der Waals surface area contributed by atoms with Crippen molar-refractivity contribution in [2.45, 2.75) is 11.3 Å². The molecule has 1 heterocycles. The molecule has 0 spiro atoms. The number of benzene rings is 1. The zero-order valence-corrected chi connectivity index (χ0v) is 13.0. The minimum absolute atomic E-state index is 0.297. The number of hydrogen-bond donors (Lipinski definition) is 1. The molecule has 0 saturated carbocycles. The van der Waals surface area contributed by atoms with Crippen molar-refractivity contribution in [3.05, 3.63) is 39.9 Å². The summed E-state index contributed by atoms with van der Waals surface area (Å²) in [7, 11) is 0. The van der Waals surface area contributed by atoms with Gasteiger partial charge in [-0.1, -0.05) is 23.4 Å². The molecular formula is C13H12ClNO3S2. The van der Waals surface area contributed by atoms with Crippen LogP contribution < -0.4 is 4.74 Å². The average molecular weight is 330 g/mol. The number of carboxylic acids is 1. The number of hydrogen-bond acceptors (Lipinski definition) is 5. The fourth-order valence-corrected chi connectivity index (χ4v) is 3.49. The summed E-state index contributed by atoms with van der Waals surface area (Å²) in [4.78, 5) is 15.4. The molecule has 1 aromatic carbocycles. The Bertz CT molecular complexity index is 598. The number of rotatable bonds is 6. The Hall–Kier alpha value is -1.24. The topological polar surface area (TPSA) is 59.4 Å². The molecule has 0 amide bonds. The van der Waals surface area contributed by atoms with Crippen LogP contribution in [-0.4, -0.2) is 28.4 Å². The van der Waals surface area contributed by atoms with E-state index in [1.54, 1.807) is 19.1 Å². The Morgan fingerprint density at radius 3 is 2.75 bits per heavy atom. The lowest BCUT2D eigenvalue weighted by molar-refractivity contribution is 0.0701. The predicted octanol–water partition coefficient (Wildman–Crippen LogP) is 3.97. The minimum Gasteiger partial charge on any atom is -0.493 e. The summed E-state index contributed by atoms with van der Waals surface area (Å²) in [6.07, 6.45) is 0. The molecule has 0 aliphatic carbocycles. The molecule has 1 aromatic heterocycles. The summed E-state index contributed by atoms with van der Waals surface area (Å²) in [6, 6.07) is 7.16. The second-order valence-electron chi connectivity index (χ2n) is 3.85. The van der Waals surface area contributed by atoms with Crippen molar-refractivity contribution in [2.24, 2.45) is 0 Å². The molecule has 0 bridgehead atoms. The Morgan fingerprint density at radius 2 is 2.15 bits per heavy atom. The molecule has 2 aromatic rings. The van der Waals surface area contributed by atoms with Crippen molar-refractivity contribution in [3.63, 3.8) is 0 Å². The van der Waals surface area contributed by atoms with E-state index in [1.807, 2.05) is 12.1 Å². The SMILES string of the molecule is Cc1nc(SCCOc2ccc(Cl)cc2)sc1C(=O)O. The van der Waals surface area contributed by atoms with Crippen LogP contribution in [0.15, 0.2) is 28.6 Å². The molecule has 4 nitrogen and oxygen atoms in total. The number of aromatic nitrogens is 1. The number of carboxylic acid groups (broad SMARTS) is 1. The molecule has 20 heavy (non-hydrogen) atoms. The molecule has 0 unspecified atom stereocenters. The molecule has 0 saturated heterocycles. The predicted molar refractivity (Wildman–Crippen MR) is 81.5 cm³/mol. The van der Waals surface area contributed by atoms with E-state index in [9.17, 15) is 4.79 Å². The van der Waals surface area contributed by atoms with Crippen LogP contribution in [0.2, 0.25) is 5.02 Å². The van der Waals surface area contributed by atoms with Crippen molar-refractivity contribution in [2.75, 3.05) is 12.4 Å². The third-order valence-electron chi connectivity index (χ3n) is 2.36. The number of nitrogens with zero attached hydrogens (tertiary/aromatic N) is 1. The zero-order chi connectivity index (χ0) is 14.5. The first-order valence-electron chi connectivity index (χ1n) is 5.78. The Balaban J connectivity index is 1.80. The van der Waals surface area contributed by atoms with Crippen LogP contribution in [0.25, 0.3) is 0 Å². The molecule has 0 atom stereocenters. The molecular weight excluding hydrogens is 318 g/mol. The first-order chi connectivity index (χ1) is 9.56. The number of thiazole rings is 1. The molecule has 106 valence electrons. The summed E-state index contributed by atoms with van der Waals surface area (Å²) in [5.41, 5.74) is 0.559. The number of thioether (sulfide) groups is 1. The van der Waals surface area contributed by atoms with Gasteiger partial charge in [-0.05, 0) is 31.2 Å². The molecule has 0 aliphatic rings. The summed E-state index contributed by atoms with van der Waals surface area (Å²) in [6.45, 7) is 2.22. The summed E-state index contributed by atoms with van der Waals surface area (Å²) < 4.78 is 6.30. The van der Waals surface area contributed by atoms with Gasteiger partial charge in [0, 0.05) is 10.8 Å². The van der Waals surface area contributed by atoms with Crippen LogP contribution in [-0.2, 0) is 0 Å². The van der Waals surface area contributed by atoms with Gasteiger partial charge in [-0.25, -0.2) is 9.78 Å². The average Bonchev–Trinajstić information content (AvgIpc) is 2.78. The van der Waals surface area contributed by atoms with E-state index in [0.29, 0.717) is 28.0 Å². The van der Waals surface area contributed by atoms with Crippen LogP contribution in [0.3, 0.4) is 0 Å². The standard InChI is InChI=1S/C13H12ClNO3S2/c1-8-11(12(16)17)20-13(15-8)19-7-6-18-10-4-2-9(14)3-5-10/h2-5H,6-7H2,1H3,(H,16,17). The van der Waals surface area contributed by atoms with Crippen LogP contribution in [0.4, 0.5) is 0 Å². The zero-order valence-electron chi connectivity index (χ0n) is 10.6. The molecule has 1 N–H and O–H groups in total. The number of aromatic carboxylic acids is 1. The highest BCUT2D eigenvalue weighted by atomic mass is 35.5. The fourth-order valence-electron chi connectivity index (χ4n) is 1.45. The van der Waals surface area contributed by atoms with Crippen LogP contribution in [0, 0.1) is 6.92 Å². The van der Waals surface area contributed by atoms with E-state index in [-0.39, 0.29) is 0 Å². The molecule has 0 aliphatic heterocycles. The van der Waals surface area contributed by atoms with Gasteiger partial charge in [0.15, 0.2) is 4.34 Å². The van der Waals surface area contributed by atoms with Gasteiger partial charge in [-0.15, -0.1) is 11.3 Å². The number of aryl methyl sites for hydroxylation is 1. The molecule has 0 fully saturated rings. The highest BCUT2D eigenvalue weighted by Gasteiger charge is 2.13.